The number of oxazole rings is 1. The third kappa shape index (κ3) is 2.24. The number of fused-ring (bicyclic) bond motifs is 1. The molecule has 4 nitrogen and oxygen atoms in total. The van der Waals surface area contributed by atoms with Crippen LogP contribution in [0.25, 0.3) is 11.1 Å². The summed E-state index contributed by atoms with van der Waals surface area (Å²) in [6.45, 7) is 1.72. The predicted molar refractivity (Wildman–Crippen MR) is 45.9 cm³/mol. The van der Waals surface area contributed by atoms with Crippen LogP contribution in [-0.2, 0) is 11.1 Å². The van der Waals surface area contributed by atoms with Gasteiger partial charge in [0.05, 0.1) is 0 Å². The second kappa shape index (κ2) is 4.55. The van der Waals surface area contributed by atoms with Gasteiger partial charge in [0.1, 0.15) is 5.52 Å². The van der Waals surface area contributed by atoms with Gasteiger partial charge < -0.3 is 8.97 Å². The molecule has 0 aliphatic rings. The smallest absolute Gasteiger partial charge is 0.768 e. The van der Waals surface area contributed by atoms with Gasteiger partial charge in [-0.2, -0.15) is 0 Å². The van der Waals surface area contributed by atoms with Gasteiger partial charge in [-0.05, 0) is 29.3 Å². The van der Waals surface area contributed by atoms with Crippen molar-refractivity contribution in [3.05, 3.63) is 24.1 Å². The van der Waals surface area contributed by atoms with E-state index in [9.17, 15) is 8.76 Å². The van der Waals surface area contributed by atoms with E-state index in [-0.39, 0.29) is 34.5 Å². The molecule has 0 aliphatic carbocycles. The fourth-order valence-corrected chi connectivity index (χ4v) is 1.51. The van der Waals surface area contributed by atoms with E-state index in [1.54, 1.807) is 13.0 Å². The molecule has 1 aromatic heterocycles. The molecule has 14 heavy (non-hydrogen) atoms. The van der Waals surface area contributed by atoms with Crippen molar-refractivity contribution in [3.63, 3.8) is 0 Å². The van der Waals surface area contributed by atoms with E-state index in [4.69, 9.17) is 4.42 Å². The van der Waals surface area contributed by atoms with Crippen LogP contribution in [0.2, 0.25) is 0 Å². The minimum atomic E-state index is -2.21. The summed E-state index contributed by atoms with van der Waals surface area (Å²) in [5, 5.41) is 0. The van der Waals surface area contributed by atoms with Crippen molar-refractivity contribution in [1.82, 2.24) is 4.98 Å². The van der Waals surface area contributed by atoms with E-state index >= 15 is 0 Å². The monoisotopic (exact) mass is 219 g/mol. The molecular weight excluding hydrogens is 213 g/mol. The number of benzene rings is 1. The van der Waals surface area contributed by atoms with Gasteiger partial charge in [-0.25, -0.2) is 4.98 Å². The summed E-state index contributed by atoms with van der Waals surface area (Å²) >= 11 is -2.21. The van der Waals surface area contributed by atoms with Gasteiger partial charge >= 0.3 is 29.6 Å². The van der Waals surface area contributed by atoms with Gasteiger partial charge in [-0.15, -0.1) is 0 Å². The maximum atomic E-state index is 10.6. The molecule has 0 N–H and O–H groups in total. The molecule has 0 amide bonds. The summed E-state index contributed by atoms with van der Waals surface area (Å²) in [5.74, 6) is 0.531. The van der Waals surface area contributed by atoms with E-state index in [0.29, 0.717) is 17.0 Å². The molecule has 0 radical (unpaired) electrons. The van der Waals surface area contributed by atoms with Crippen molar-refractivity contribution >= 4 is 22.2 Å². The molecule has 0 bridgehead atoms. The third-order valence-electron chi connectivity index (χ3n) is 1.66. The van der Waals surface area contributed by atoms with Crippen LogP contribution >= 0.6 is 0 Å². The van der Waals surface area contributed by atoms with Crippen LogP contribution in [0.1, 0.15) is 5.89 Å². The molecule has 1 atom stereocenters. The summed E-state index contributed by atoms with van der Waals surface area (Å²) in [6.07, 6.45) is 0. The maximum absolute atomic E-state index is 10.6. The molecule has 1 aromatic carbocycles. The molecule has 2 aromatic rings. The molecule has 6 heteroatoms. The Hall–Kier alpha value is -0.200. The summed E-state index contributed by atoms with van der Waals surface area (Å²) in [6, 6.07) is 4.56. The summed E-state index contributed by atoms with van der Waals surface area (Å²) in [4.78, 5) is 4.24. The Morgan fingerprint density at radius 2 is 2.21 bits per heavy atom. The number of aromatic nitrogens is 1. The first kappa shape index (κ1) is 11.9. The zero-order valence-corrected chi connectivity index (χ0v) is 10.6. The molecule has 0 saturated carbocycles. The first-order chi connectivity index (χ1) is 6.16. The summed E-state index contributed by atoms with van der Waals surface area (Å²) in [5.41, 5.74) is 1.17. The number of hydrogen-bond donors (Lipinski definition) is 0. The van der Waals surface area contributed by atoms with Crippen LogP contribution in [0.5, 0.6) is 0 Å². The van der Waals surface area contributed by atoms with Gasteiger partial charge in [-0.3, -0.25) is 4.21 Å². The van der Waals surface area contributed by atoms with E-state index in [1.165, 1.54) is 12.1 Å². The van der Waals surface area contributed by atoms with Crippen molar-refractivity contribution in [2.45, 2.75) is 11.8 Å². The van der Waals surface area contributed by atoms with E-state index in [1.807, 2.05) is 0 Å². The standard InChI is InChI=1S/C8H7NO3S.Na/c1-5-9-7-4-6(13(10)11)2-3-8(7)12-5;/h2-4H,1H3,(H,10,11);/q;+1/p-1. The number of nitrogens with zero attached hydrogens (tertiary/aromatic N) is 1. The van der Waals surface area contributed by atoms with Crippen molar-refractivity contribution in [3.8, 4) is 0 Å². The Kier molecular flexibility index (Phi) is 3.86. The topological polar surface area (TPSA) is 66.2 Å². The summed E-state index contributed by atoms with van der Waals surface area (Å²) in [7, 11) is 0. The quantitative estimate of drug-likeness (QED) is 0.427. The number of hydrogen-bond acceptors (Lipinski definition) is 4. The van der Waals surface area contributed by atoms with Crippen molar-refractivity contribution in [2.75, 3.05) is 0 Å². The summed E-state index contributed by atoms with van der Waals surface area (Å²) < 4.78 is 26.4. The average molecular weight is 219 g/mol. The van der Waals surface area contributed by atoms with Gasteiger partial charge in [-0.1, -0.05) is 0 Å². The normalized spacial score (nSPS) is 12.4. The molecule has 1 heterocycles. The fraction of sp³-hybridized carbons (Fsp3) is 0.125. The molecule has 68 valence electrons. The first-order valence-corrected chi connectivity index (χ1v) is 4.71. The molecule has 0 saturated heterocycles. The molecule has 0 spiro atoms. The Morgan fingerprint density at radius 3 is 2.86 bits per heavy atom. The molecule has 0 aliphatic heterocycles. The van der Waals surface area contributed by atoms with Crippen molar-refractivity contribution in [1.29, 1.82) is 0 Å². The average Bonchev–Trinajstić information content (AvgIpc) is 2.42. The van der Waals surface area contributed by atoms with Gasteiger partial charge in [0.2, 0.25) is 0 Å². The van der Waals surface area contributed by atoms with Gasteiger partial charge in [0, 0.05) is 11.8 Å². The van der Waals surface area contributed by atoms with Crippen LogP contribution in [0.3, 0.4) is 0 Å². The number of aryl methyl sites for hydroxylation is 1. The van der Waals surface area contributed by atoms with Crippen LogP contribution < -0.4 is 29.6 Å². The largest absolute Gasteiger partial charge is 1.00 e. The van der Waals surface area contributed by atoms with Crippen molar-refractivity contribution in [2.24, 2.45) is 0 Å². The van der Waals surface area contributed by atoms with Crippen LogP contribution in [-0.4, -0.2) is 13.7 Å². The Labute approximate surface area is 105 Å². The van der Waals surface area contributed by atoms with Gasteiger partial charge in [0.15, 0.2) is 11.5 Å². The Balaban J connectivity index is 0.000000980. The zero-order valence-electron chi connectivity index (χ0n) is 7.81. The predicted octanol–water partition coefficient (Wildman–Crippen LogP) is -1.62. The minimum Gasteiger partial charge on any atom is -0.768 e. The molecular formula is C8H6NNaO3S. The zero-order chi connectivity index (χ0) is 9.42. The third-order valence-corrected chi connectivity index (χ3v) is 2.30. The van der Waals surface area contributed by atoms with E-state index < -0.39 is 11.1 Å². The molecule has 1 unspecified atom stereocenters. The van der Waals surface area contributed by atoms with Crippen molar-refractivity contribution < 1.29 is 42.7 Å². The Morgan fingerprint density at radius 1 is 1.50 bits per heavy atom. The minimum absolute atomic E-state index is 0. The van der Waals surface area contributed by atoms with Gasteiger partial charge in [0.25, 0.3) is 0 Å². The second-order valence-corrected chi connectivity index (χ2v) is 3.54. The second-order valence-electron chi connectivity index (χ2n) is 2.60. The first-order valence-electron chi connectivity index (χ1n) is 3.63. The SMILES string of the molecule is Cc1nc2cc(S(=O)[O-])ccc2o1.[Na+]. The van der Waals surface area contributed by atoms with Crippen LogP contribution in [0.15, 0.2) is 27.5 Å². The van der Waals surface area contributed by atoms with Crippen LogP contribution in [0.4, 0.5) is 0 Å². The number of rotatable bonds is 1. The maximum Gasteiger partial charge on any atom is 1.00 e. The van der Waals surface area contributed by atoms with Crippen LogP contribution in [0, 0.1) is 6.92 Å². The van der Waals surface area contributed by atoms with E-state index in [0.717, 1.165) is 0 Å². The Bertz CT molecular complexity index is 482. The fourth-order valence-electron chi connectivity index (χ4n) is 1.13. The molecule has 2 rings (SSSR count). The molecule has 0 fully saturated rings. The van der Waals surface area contributed by atoms with E-state index in [2.05, 4.69) is 4.98 Å².